The van der Waals surface area contributed by atoms with Crippen LogP contribution in [-0.2, 0) is 0 Å². The van der Waals surface area contributed by atoms with E-state index in [1.807, 2.05) is 12.1 Å². The van der Waals surface area contributed by atoms with Crippen molar-refractivity contribution >= 4 is 23.0 Å². The molecule has 1 aliphatic rings. The van der Waals surface area contributed by atoms with Gasteiger partial charge in [0.05, 0.1) is 11.4 Å². The Kier molecular flexibility index (Phi) is 3.56. The zero-order valence-corrected chi connectivity index (χ0v) is 9.95. The molecule has 0 saturated carbocycles. The molecule has 1 aromatic carbocycles. The summed E-state index contributed by atoms with van der Waals surface area (Å²) in [5, 5.41) is 9.90. The van der Waals surface area contributed by atoms with Gasteiger partial charge in [-0.25, -0.2) is 0 Å². The summed E-state index contributed by atoms with van der Waals surface area (Å²) in [6.45, 7) is 2.10. The van der Waals surface area contributed by atoms with Gasteiger partial charge < -0.3 is 15.7 Å². The van der Waals surface area contributed by atoms with Gasteiger partial charge in [-0.15, -0.1) is 0 Å². The fraction of sp³-hybridized carbons (Fsp3) is 0.500. The van der Waals surface area contributed by atoms with E-state index in [9.17, 15) is 5.11 Å². The molecule has 1 saturated heterocycles. The van der Waals surface area contributed by atoms with Gasteiger partial charge in [-0.05, 0) is 37.0 Å². The van der Waals surface area contributed by atoms with Crippen molar-refractivity contribution in [2.75, 3.05) is 30.3 Å². The van der Waals surface area contributed by atoms with Gasteiger partial charge in [0.25, 0.3) is 0 Å². The van der Waals surface area contributed by atoms with E-state index >= 15 is 0 Å². The zero-order valence-electron chi connectivity index (χ0n) is 9.19. The summed E-state index contributed by atoms with van der Waals surface area (Å²) in [5.41, 5.74) is 7.69. The van der Waals surface area contributed by atoms with Crippen LogP contribution in [0.15, 0.2) is 18.2 Å². The third-order valence-electron chi connectivity index (χ3n) is 3.11. The highest BCUT2D eigenvalue weighted by molar-refractivity contribution is 6.31. The van der Waals surface area contributed by atoms with E-state index in [0.717, 1.165) is 37.3 Å². The quantitative estimate of drug-likeness (QED) is 0.779. The number of hydrogen-bond acceptors (Lipinski definition) is 3. The van der Waals surface area contributed by atoms with E-state index in [1.165, 1.54) is 0 Å². The Hall–Kier alpha value is -0.930. The van der Waals surface area contributed by atoms with E-state index in [1.54, 1.807) is 6.07 Å². The number of nitrogens with zero attached hydrogens (tertiary/aromatic N) is 1. The number of aliphatic hydroxyl groups excluding tert-OH is 1. The lowest BCUT2D eigenvalue weighted by molar-refractivity contribution is 0.209. The number of piperidine rings is 1. The van der Waals surface area contributed by atoms with Crippen LogP contribution in [0.5, 0.6) is 0 Å². The highest BCUT2D eigenvalue weighted by Gasteiger charge is 2.20. The number of hydrogen-bond donors (Lipinski definition) is 2. The fourth-order valence-electron chi connectivity index (χ4n) is 2.22. The van der Waals surface area contributed by atoms with Gasteiger partial charge in [0.2, 0.25) is 0 Å². The molecule has 0 radical (unpaired) electrons. The van der Waals surface area contributed by atoms with Gasteiger partial charge in [-0.2, -0.15) is 0 Å². The van der Waals surface area contributed by atoms with E-state index in [4.69, 9.17) is 17.3 Å². The van der Waals surface area contributed by atoms with Crippen molar-refractivity contribution in [1.29, 1.82) is 0 Å². The SMILES string of the molecule is Nc1ccc(Cl)cc1N1CCCC(CO)C1. The third-order valence-corrected chi connectivity index (χ3v) is 3.35. The molecule has 1 aliphatic heterocycles. The standard InChI is InChI=1S/C12H17ClN2O/c13-10-3-4-11(14)12(6-10)15-5-1-2-9(7-15)8-16/h3-4,6,9,16H,1-2,5,7-8,14H2. The second-order valence-corrected chi connectivity index (χ2v) is 4.78. The van der Waals surface area contributed by atoms with Crippen molar-refractivity contribution in [2.24, 2.45) is 5.92 Å². The van der Waals surface area contributed by atoms with Crippen molar-refractivity contribution in [3.05, 3.63) is 23.2 Å². The molecule has 3 nitrogen and oxygen atoms in total. The number of anilines is 2. The largest absolute Gasteiger partial charge is 0.397 e. The van der Waals surface area contributed by atoms with Gasteiger partial charge in [0.1, 0.15) is 0 Å². The molecule has 1 fully saturated rings. The molecule has 1 atom stereocenters. The van der Waals surface area contributed by atoms with E-state index in [-0.39, 0.29) is 6.61 Å². The van der Waals surface area contributed by atoms with Gasteiger partial charge >= 0.3 is 0 Å². The van der Waals surface area contributed by atoms with Crippen LogP contribution in [0.25, 0.3) is 0 Å². The summed E-state index contributed by atoms with van der Waals surface area (Å²) in [6, 6.07) is 5.53. The topological polar surface area (TPSA) is 49.5 Å². The zero-order chi connectivity index (χ0) is 11.5. The highest BCUT2D eigenvalue weighted by Crippen LogP contribution is 2.30. The van der Waals surface area contributed by atoms with Crippen LogP contribution in [0.2, 0.25) is 5.02 Å². The predicted octanol–water partition coefficient (Wildman–Crippen LogP) is 2.13. The Morgan fingerprint density at radius 2 is 2.31 bits per heavy atom. The lowest BCUT2D eigenvalue weighted by Crippen LogP contribution is -2.37. The molecule has 0 aliphatic carbocycles. The number of benzene rings is 1. The molecule has 0 spiro atoms. The van der Waals surface area contributed by atoms with Crippen molar-refractivity contribution in [3.8, 4) is 0 Å². The predicted molar refractivity (Wildman–Crippen MR) is 67.9 cm³/mol. The first kappa shape index (κ1) is 11.6. The Morgan fingerprint density at radius 3 is 3.06 bits per heavy atom. The summed E-state index contributed by atoms with van der Waals surface area (Å²) in [7, 11) is 0. The van der Waals surface area contributed by atoms with Crippen LogP contribution in [0, 0.1) is 5.92 Å². The van der Waals surface area contributed by atoms with Gasteiger partial charge in [0, 0.05) is 24.7 Å². The van der Waals surface area contributed by atoms with Crippen LogP contribution in [0.1, 0.15) is 12.8 Å². The molecule has 3 N–H and O–H groups in total. The minimum Gasteiger partial charge on any atom is -0.397 e. The van der Waals surface area contributed by atoms with Crippen LogP contribution in [0.4, 0.5) is 11.4 Å². The lowest BCUT2D eigenvalue weighted by Gasteiger charge is -2.34. The molecule has 1 unspecified atom stereocenters. The molecule has 88 valence electrons. The normalized spacial score (nSPS) is 21.1. The highest BCUT2D eigenvalue weighted by atomic mass is 35.5. The maximum atomic E-state index is 9.20. The van der Waals surface area contributed by atoms with Crippen LogP contribution in [-0.4, -0.2) is 24.8 Å². The first-order valence-electron chi connectivity index (χ1n) is 5.61. The minimum absolute atomic E-state index is 0.247. The molecule has 2 rings (SSSR count). The second kappa shape index (κ2) is 4.93. The Morgan fingerprint density at radius 1 is 1.50 bits per heavy atom. The second-order valence-electron chi connectivity index (χ2n) is 4.34. The molecule has 1 aromatic rings. The molecule has 1 heterocycles. The van der Waals surface area contributed by atoms with Crippen molar-refractivity contribution in [3.63, 3.8) is 0 Å². The third kappa shape index (κ3) is 2.42. The van der Waals surface area contributed by atoms with Crippen LogP contribution in [0.3, 0.4) is 0 Å². The average molecular weight is 241 g/mol. The molecular weight excluding hydrogens is 224 g/mol. The summed E-state index contributed by atoms with van der Waals surface area (Å²) < 4.78 is 0. The fourth-order valence-corrected chi connectivity index (χ4v) is 2.39. The summed E-state index contributed by atoms with van der Waals surface area (Å²) in [4.78, 5) is 2.21. The molecule has 0 aromatic heterocycles. The van der Waals surface area contributed by atoms with E-state index in [0.29, 0.717) is 10.9 Å². The number of aliphatic hydroxyl groups is 1. The summed E-state index contributed by atoms with van der Waals surface area (Å²) in [5.74, 6) is 0.354. The van der Waals surface area contributed by atoms with E-state index in [2.05, 4.69) is 4.90 Å². The maximum Gasteiger partial charge on any atom is 0.0614 e. The summed E-state index contributed by atoms with van der Waals surface area (Å²) in [6.07, 6.45) is 2.19. The van der Waals surface area contributed by atoms with Crippen LogP contribution < -0.4 is 10.6 Å². The molecule has 16 heavy (non-hydrogen) atoms. The summed E-state index contributed by atoms with van der Waals surface area (Å²) >= 11 is 5.97. The molecular formula is C12H17ClN2O. The first-order chi connectivity index (χ1) is 7.70. The number of halogens is 1. The minimum atomic E-state index is 0.247. The lowest BCUT2D eigenvalue weighted by atomic mass is 9.98. The van der Waals surface area contributed by atoms with E-state index < -0.39 is 0 Å². The van der Waals surface area contributed by atoms with Crippen molar-refractivity contribution in [1.82, 2.24) is 0 Å². The van der Waals surface area contributed by atoms with Crippen molar-refractivity contribution in [2.45, 2.75) is 12.8 Å². The smallest absolute Gasteiger partial charge is 0.0614 e. The van der Waals surface area contributed by atoms with Crippen LogP contribution >= 0.6 is 11.6 Å². The van der Waals surface area contributed by atoms with Gasteiger partial charge in [-0.1, -0.05) is 11.6 Å². The number of rotatable bonds is 2. The Labute approximate surface area is 101 Å². The van der Waals surface area contributed by atoms with Gasteiger partial charge in [-0.3, -0.25) is 0 Å². The number of nitrogen functional groups attached to an aromatic ring is 1. The average Bonchev–Trinajstić information content (AvgIpc) is 2.32. The number of nitrogens with two attached hydrogens (primary N) is 1. The van der Waals surface area contributed by atoms with Crippen molar-refractivity contribution < 1.29 is 5.11 Å². The Bertz CT molecular complexity index is 370. The maximum absolute atomic E-state index is 9.20. The van der Waals surface area contributed by atoms with Gasteiger partial charge in [0.15, 0.2) is 0 Å². The molecule has 0 amide bonds. The Balaban J connectivity index is 2.19. The monoisotopic (exact) mass is 240 g/mol. The first-order valence-corrected chi connectivity index (χ1v) is 5.99. The molecule has 4 heteroatoms. The molecule has 0 bridgehead atoms.